The van der Waals surface area contributed by atoms with Crippen molar-refractivity contribution in [3.8, 4) is 17.2 Å². The van der Waals surface area contributed by atoms with Crippen LogP contribution in [0, 0.1) is 0 Å². The Balaban J connectivity index is 1.50. The van der Waals surface area contributed by atoms with Gasteiger partial charge in [-0.2, -0.15) is 13.2 Å². The zero-order valence-electron chi connectivity index (χ0n) is 18.1. The summed E-state index contributed by atoms with van der Waals surface area (Å²) < 4.78 is 51.4. The molecule has 2 aromatic carbocycles. The van der Waals surface area contributed by atoms with Crippen molar-refractivity contribution in [2.24, 2.45) is 4.99 Å². The number of hydrogen-bond acceptors (Lipinski definition) is 6. The van der Waals surface area contributed by atoms with Crippen LogP contribution in [0.4, 0.5) is 18.9 Å². The zero-order chi connectivity index (χ0) is 23.9. The van der Waals surface area contributed by atoms with Crippen LogP contribution in [-0.4, -0.2) is 54.8 Å². The van der Waals surface area contributed by atoms with Crippen molar-refractivity contribution in [1.82, 2.24) is 9.80 Å². The van der Waals surface area contributed by atoms with Crippen molar-refractivity contribution in [3.63, 3.8) is 0 Å². The normalized spacial score (nSPS) is 15.6. The second kappa shape index (κ2) is 8.68. The molecule has 0 aliphatic carbocycles. The first-order valence-corrected chi connectivity index (χ1v) is 11.5. The minimum absolute atomic E-state index is 0.0221. The number of methoxy groups -OCH3 is 1. The van der Waals surface area contributed by atoms with E-state index in [4.69, 9.17) is 9.47 Å². The largest absolute Gasteiger partial charge is 0.497 e. The summed E-state index contributed by atoms with van der Waals surface area (Å²) in [5.74, 6) is 1.70. The van der Waals surface area contributed by atoms with Crippen LogP contribution in [0.3, 0.4) is 0 Å². The third-order valence-corrected chi connectivity index (χ3v) is 6.62. The number of piperazine rings is 1. The highest BCUT2D eigenvalue weighted by atomic mass is 32.1. The SMILES string of the molecule is COc1ccc2c(c1)Oc1ccc(C(F)(F)F)cc1N=C2N1CCN(C(=O)c2cccs2)CC1. The summed E-state index contributed by atoms with van der Waals surface area (Å²) in [6.45, 7) is 1.90. The van der Waals surface area contributed by atoms with Crippen LogP contribution in [0.25, 0.3) is 0 Å². The number of amides is 1. The molecule has 34 heavy (non-hydrogen) atoms. The van der Waals surface area contributed by atoms with Crippen molar-refractivity contribution in [3.05, 3.63) is 69.9 Å². The lowest BCUT2D eigenvalue weighted by Gasteiger charge is -2.36. The van der Waals surface area contributed by atoms with Crippen molar-refractivity contribution in [2.45, 2.75) is 6.18 Å². The molecule has 0 spiro atoms. The lowest BCUT2D eigenvalue weighted by Crippen LogP contribution is -2.50. The molecule has 1 amide bonds. The van der Waals surface area contributed by atoms with E-state index in [0.717, 1.165) is 12.1 Å². The van der Waals surface area contributed by atoms with Gasteiger partial charge in [-0.3, -0.25) is 4.79 Å². The molecule has 0 radical (unpaired) electrons. The molecule has 0 unspecified atom stereocenters. The number of alkyl halides is 3. The van der Waals surface area contributed by atoms with Crippen molar-refractivity contribution < 1.29 is 27.4 Å². The number of ether oxygens (including phenoxy) is 2. The van der Waals surface area contributed by atoms with E-state index in [1.165, 1.54) is 24.5 Å². The van der Waals surface area contributed by atoms with Crippen LogP contribution in [0.5, 0.6) is 17.2 Å². The molecule has 3 aromatic rings. The second-order valence-corrected chi connectivity index (χ2v) is 8.78. The van der Waals surface area contributed by atoms with Crippen LogP contribution >= 0.6 is 11.3 Å². The van der Waals surface area contributed by atoms with E-state index >= 15 is 0 Å². The third-order valence-electron chi connectivity index (χ3n) is 5.76. The smallest absolute Gasteiger partial charge is 0.416 e. The molecule has 1 aromatic heterocycles. The molecule has 0 N–H and O–H groups in total. The maximum atomic E-state index is 13.4. The number of nitrogens with zero attached hydrogens (tertiary/aromatic N) is 3. The predicted octanol–water partition coefficient (Wildman–Crippen LogP) is 5.42. The van der Waals surface area contributed by atoms with Gasteiger partial charge in [0.25, 0.3) is 5.91 Å². The first kappa shape index (κ1) is 22.3. The highest BCUT2D eigenvalue weighted by Crippen LogP contribution is 2.42. The summed E-state index contributed by atoms with van der Waals surface area (Å²) in [6.07, 6.45) is -4.50. The molecule has 5 rings (SSSR count). The topological polar surface area (TPSA) is 54.4 Å². The summed E-state index contributed by atoms with van der Waals surface area (Å²) in [5, 5.41) is 1.86. The molecule has 2 aliphatic heterocycles. The molecule has 2 aliphatic rings. The number of carbonyl (C=O) groups excluding carboxylic acids is 1. The quantitative estimate of drug-likeness (QED) is 0.485. The Morgan fingerprint density at radius 2 is 1.85 bits per heavy atom. The van der Waals surface area contributed by atoms with Crippen LogP contribution in [0.1, 0.15) is 20.8 Å². The van der Waals surface area contributed by atoms with E-state index in [9.17, 15) is 18.0 Å². The number of thiophene rings is 1. The number of hydrogen-bond donors (Lipinski definition) is 0. The number of fused-ring (bicyclic) bond motifs is 2. The Kier molecular flexibility index (Phi) is 5.68. The van der Waals surface area contributed by atoms with Gasteiger partial charge in [-0.25, -0.2) is 4.99 Å². The fourth-order valence-corrected chi connectivity index (χ4v) is 4.67. The summed E-state index contributed by atoms with van der Waals surface area (Å²) in [6, 6.07) is 12.1. The number of aliphatic imine (C=N–C) groups is 1. The number of benzene rings is 2. The maximum absolute atomic E-state index is 13.4. The summed E-state index contributed by atoms with van der Waals surface area (Å²) in [7, 11) is 1.53. The van der Waals surface area contributed by atoms with Crippen LogP contribution in [0.2, 0.25) is 0 Å². The van der Waals surface area contributed by atoms with Gasteiger partial charge < -0.3 is 19.3 Å². The van der Waals surface area contributed by atoms with Gasteiger partial charge in [-0.15, -0.1) is 11.3 Å². The molecule has 1 fully saturated rings. The first-order chi connectivity index (χ1) is 16.3. The van der Waals surface area contributed by atoms with Crippen LogP contribution in [0.15, 0.2) is 58.9 Å². The molecule has 1 saturated heterocycles. The van der Waals surface area contributed by atoms with Crippen LogP contribution in [-0.2, 0) is 6.18 Å². The maximum Gasteiger partial charge on any atom is 0.416 e. The Morgan fingerprint density at radius 1 is 1.06 bits per heavy atom. The second-order valence-electron chi connectivity index (χ2n) is 7.84. The number of carbonyl (C=O) groups is 1. The van der Waals surface area contributed by atoms with E-state index in [1.54, 1.807) is 29.2 Å². The molecule has 10 heteroatoms. The van der Waals surface area contributed by atoms with Crippen LogP contribution < -0.4 is 9.47 Å². The minimum atomic E-state index is -4.50. The zero-order valence-corrected chi connectivity index (χ0v) is 18.9. The van der Waals surface area contributed by atoms with Gasteiger partial charge in [0.05, 0.1) is 23.1 Å². The Hall–Kier alpha value is -3.53. The Bertz CT molecular complexity index is 1250. The van der Waals surface area contributed by atoms with E-state index < -0.39 is 11.7 Å². The Labute approximate surface area is 197 Å². The fourth-order valence-electron chi connectivity index (χ4n) is 3.98. The number of halogens is 3. The van der Waals surface area contributed by atoms with Gasteiger partial charge in [0.15, 0.2) is 5.75 Å². The van der Waals surface area contributed by atoms with E-state index in [-0.39, 0.29) is 17.3 Å². The number of rotatable bonds is 2. The average Bonchev–Trinajstić information content (AvgIpc) is 3.32. The molecule has 176 valence electrons. The molecule has 6 nitrogen and oxygen atoms in total. The highest BCUT2D eigenvalue weighted by molar-refractivity contribution is 7.12. The standard InChI is InChI=1S/C24H20F3N3O3S/c1-32-16-5-6-17-20(14-16)33-19-7-4-15(24(25,26)27)13-18(19)28-22(17)29-8-10-30(11-9-29)23(31)21-3-2-12-34-21/h2-7,12-14H,8-11H2,1H3. The van der Waals surface area contributed by atoms with Crippen molar-refractivity contribution >= 4 is 28.8 Å². The van der Waals surface area contributed by atoms with Gasteiger partial charge in [0, 0.05) is 32.2 Å². The Morgan fingerprint density at radius 3 is 2.53 bits per heavy atom. The molecule has 0 saturated carbocycles. The predicted molar refractivity (Wildman–Crippen MR) is 123 cm³/mol. The first-order valence-electron chi connectivity index (χ1n) is 10.6. The lowest BCUT2D eigenvalue weighted by atomic mass is 10.1. The molecular weight excluding hydrogens is 467 g/mol. The van der Waals surface area contributed by atoms with Crippen molar-refractivity contribution in [1.29, 1.82) is 0 Å². The average molecular weight is 488 g/mol. The highest BCUT2D eigenvalue weighted by Gasteiger charge is 2.33. The summed E-state index contributed by atoms with van der Waals surface area (Å²) in [5.41, 5.74) is -0.0616. The molecule has 0 bridgehead atoms. The third kappa shape index (κ3) is 4.21. The summed E-state index contributed by atoms with van der Waals surface area (Å²) >= 11 is 1.40. The van der Waals surface area contributed by atoms with Crippen molar-refractivity contribution in [2.75, 3.05) is 33.3 Å². The van der Waals surface area contributed by atoms with E-state index in [2.05, 4.69) is 4.99 Å². The number of amidine groups is 1. The van der Waals surface area contributed by atoms with Gasteiger partial charge in [-0.05, 0) is 41.8 Å². The lowest BCUT2D eigenvalue weighted by molar-refractivity contribution is -0.137. The molecule has 0 atom stereocenters. The summed E-state index contributed by atoms with van der Waals surface area (Å²) in [4.78, 5) is 21.8. The molecular formula is C24H20F3N3O3S. The van der Waals surface area contributed by atoms with Gasteiger partial charge in [0.1, 0.15) is 23.0 Å². The van der Waals surface area contributed by atoms with E-state index in [0.29, 0.717) is 54.0 Å². The minimum Gasteiger partial charge on any atom is -0.497 e. The van der Waals surface area contributed by atoms with Gasteiger partial charge in [0.2, 0.25) is 0 Å². The fraction of sp³-hybridized carbons (Fsp3) is 0.250. The van der Waals surface area contributed by atoms with E-state index in [1.807, 2.05) is 16.3 Å². The molecule has 3 heterocycles. The van der Waals surface area contributed by atoms with Gasteiger partial charge >= 0.3 is 6.18 Å². The monoisotopic (exact) mass is 487 g/mol. The van der Waals surface area contributed by atoms with Gasteiger partial charge in [-0.1, -0.05) is 6.07 Å².